The molecule has 1 aromatic heterocycles. The van der Waals surface area contributed by atoms with Crippen molar-refractivity contribution in [3.05, 3.63) is 336 Å². The van der Waals surface area contributed by atoms with Crippen LogP contribution in [-0.2, 0) is 10.8 Å². The molecule has 3 aliphatic rings. The molecule has 0 N–H and O–H groups in total. The maximum Gasteiger partial charge on any atom is 0.0726 e. The van der Waals surface area contributed by atoms with Gasteiger partial charge in [0.1, 0.15) is 0 Å². The van der Waals surface area contributed by atoms with E-state index in [4.69, 9.17) is 0 Å². The van der Waals surface area contributed by atoms with E-state index in [0.29, 0.717) is 0 Å². The van der Waals surface area contributed by atoms with Gasteiger partial charge in [0, 0.05) is 33.4 Å². The number of para-hydroxylation sites is 2. The van der Waals surface area contributed by atoms with E-state index < -0.39 is 10.8 Å². The molecule has 0 radical (unpaired) electrons. The second-order valence-corrected chi connectivity index (χ2v) is 20.6. The van der Waals surface area contributed by atoms with Crippen LogP contribution in [0, 0.1) is 0 Å². The SMILES string of the molecule is c1ccc(C2(c3ccccc3)c3ccccc3-c3c(N(c4ccc(-c5cccc(-n6c7ccccc7c7ccccc76)c5)cc4)c4ccc5c(c4)C4(c6ccccc6-c6ccccc64)c4ccccc4-5)cccc32)cc1. The molecule has 1 spiro atoms. The van der Waals surface area contributed by atoms with Gasteiger partial charge in [0.05, 0.1) is 27.6 Å². The molecule has 0 atom stereocenters. The van der Waals surface area contributed by atoms with Crippen molar-refractivity contribution >= 4 is 38.9 Å². The van der Waals surface area contributed by atoms with E-state index in [1.807, 2.05) is 0 Å². The molecule has 13 aromatic rings. The van der Waals surface area contributed by atoms with Crippen molar-refractivity contribution in [1.82, 2.24) is 4.57 Å². The van der Waals surface area contributed by atoms with Crippen molar-refractivity contribution < 1.29 is 0 Å². The Morgan fingerprint density at radius 3 is 1.33 bits per heavy atom. The summed E-state index contributed by atoms with van der Waals surface area (Å²) in [6.45, 7) is 0. The maximum absolute atomic E-state index is 2.55. The van der Waals surface area contributed by atoms with Crippen LogP contribution in [0.1, 0.15) is 44.5 Å². The number of hydrogen-bond donors (Lipinski definition) is 0. The highest BCUT2D eigenvalue weighted by Crippen LogP contribution is 2.64. The van der Waals surface area contributed by atoms with E-state index in [-0.39, 0.29) is 0 Å². The molecule has 354 valence electrons. The Morgan fingerprint density at radius 2 is 0.737 bits per heavy atom. The fourth-order valence-electron chi connectivity index (χ4n) is 14.1. The first-order chi connectivity index (χ1) is 37.7. The van der Waals surface area contributed by atoms with Crippen molar-refractivity contribution in [3.8, 4) is 50.2 Å². The van der Waals surface area contributed by atoms with Crippen LogP contribution in [0.2, 0.25) is 0 Å². The summed E-state index contributed by atoms with van der Waals surface area (Å²) in [5.74, 6) is 0. The molecule has 0 aliphatic heterocycles. The van der Waals surface area contributed by atoms with E-state index in [1.54, 1.807) is 0 Å². The molecule has 76 heavy (non-hydrogen) atoms. The third-order valence-corrected chi connectivity index (χ3v) is 17.1. The first kappa shape index (κ1) is 42.7. The quantitative estimate of drug-likeness (QED) is 0.155. The summed E-state index contributed by atoms with van der Waals surface area (Å²) in [5, 5.41) is 2.52. The maximum atomic E-state index is 2.55. The van der Waals surface area contributed by atoms with Crippen LogP contribution in [0.3, 0.4) is 0 Å². The third kappa shape index (κ3) is 5.76. The number of fused-ring (bicyclic) bond motifs is 16. The smallest absolute Gasteiger partial charge is 0.0726 e. The van der Waals surface area contributed by atoms with Gasteiger partial charge in [-0.1, -0.05) is 237 Å². The molecule has 0 unspecified atom stereocenters. The Kier molecular flexibility index (Phi) is 9.20. The summed E-state index contributed by atoms with van der Waals surface area (Å²) in [6.07, 6.45) is 0. The highest BCUT2D eigenvalue weighted by Gasteiger charge is 2.52. The lowest BCUT2D eigenvalue weighted by atomic mass is 9.68. The standard InChI is InChI=1S/C74H48N2/c1-3-22-51(23-4-1)73(52-24-5-2-6-25-52)66-36-16-10-32-62(66)72-67(73)37-20-40-71(72)75(53-43-41-49(42-44-53)50-21-19-26-54(47-50)76-69-38-17-11-30-60(69)61-31-12-18-39-70(61)76)55-45-46-59-58-29-9-15-35-65(58)74(68(59)48-55)63-33-13-7-27-56(63)57-28-8-14-34-64(57)74/h1-48H. The summed E-state index contributed by atoms with van der Waals surface area (Å²) in [6, 6.07) is 109. The van der Waals surface area contributed by atoms with Gasteiger partial charge in [0.15, 0.2) is 0 Å². The zero-order valence-corrected chi connectivity index (χ0v) is 41.6. The molecular formula is C74H48N2. The number of hydrogen-bond acceptors (Lipinski definition) is 1. The predicted octanol–water partition coefficient (Wildman–Crippen LogP) is 18.6. The molecule has 2 nitrogen and oxygen atoms in total. The third-order valence-electron chi connectivity index (χ3n) is 17.1. The molecular weight excluding hydrogens is 917 g/mol. The van der Waals surface area contributed by atoms with Crippen molar-refractivity contribution in [2.45, 2.75) is 10.8 Å². The number of benzene rings is 12. The van der Waals surface area contributed by atoms with Gasteiger partial charge < -0.3 is 9.47 Å². The predicted molar refractivity (Wildman–Crippen MR) is 315 cm³/mol. The van der Waals surface area contributed by atoms with Gasteiger partial charge in [-0.3, -0.25) is 0 Å². The summed E-state index contributed by atoms with van der Waals surface area (Å²) in [7, 11) is 0. The molecule has 0 saturated carbocycles. The van der Waals surface area contributed by atoms with Gasteiger partial charge in [0.2, 0.25) is 0 Å². The molecule has 0 saturated heterocycles. The molecule has 0 amide bonds. The summed E-state index contributed by atoms with van der Waals surface area (Å²) in [5.41, 5.74) is 26.2. The minimum absolute atomic E-state index is 0.493. The van der Waals surface area contributed by atoms with Gasteiger partial charge in [-0.2, -0.15) is 0 Å². The van der Waals surface area contributed by atoms with E-state index in [2.05, 4.69) is 301 Å². The first-order valence-electron chi connectivity index (χ1n) is 26.5. The highest BCUT2D eigenvalue weighted by atomic mass is 15.1. The zero-order chi connectivity index (χ0) is 50.0. The van der Waals surface area contributed by atoms with Crippen LogP contribution in [0.25, 0.3) is 72.0 Å². The molecule has 0 fully saturated rings. The number of nitrogens with zero attached hydrogens (tertiary/aromatic N) is 2. The summed E-state index contributed by atoms with van der Waals surface area (Å²) < 4.78 is 2.41. The largest absolute Gasteiger partial charge is 0.310 e. The molecule has 1 heterocycles. The van der Waals surface area contributed by atoms with Crippen molar-refractivity contribution in [2.24, 2.45) is 0 Å². The monoisotopic (exact) mass is 964 g/mol. The second kappa shape index (κ2) is 16.4. The molecule has 0 bridgehead atoms. The fraction of sp³-hybridized carbons (Fsp3) is 0.0270. The summed E-state index contributed by atoms with van der Waals surface area (Å²) in [4.78, 5) is 2.55. The van der Waals surface area contributed by atoms with Crippen LogP contribution in [-0.4, -0.2) is 4.57 Å². The zero-order valence-electron chi connectivity index (χ0n) is 41.6. The van der Waals surface area contributed by atoms with E-state index >= 15 is 0 Å². The van der Waals surface area contributed by atoms with Crippen molar-refractivity contribution in [3.63, 3.8) is 0 Å². The average Bonchev–Trinajstić information content (AvgIpc) is 4.36. The second-order valence-electron chi connectivity index (χ2n) is 20.6. The van der Waals surface area contributed by atoms with Gasteiger partial charge in [-0.15, -0.1) is 0 Å². The first-order valence-corrected chi connectivity index (χ1v) is 26.5. The topological polar surface area (TPSA) is 8.17 Å². The fourth-order valence-corrected chi connectivity index (χ4v) is 14.1. The van der Waals surface area contributed by atoms with E-state index in [1.165, 1.54) is 105 Å². The number of aromatic nitrogens is 1. The number of rotatable bonds is 7. The van der Waals surface area contributed by atoms with Gasteiger partial charge >= 0.3 is 0 Å². The Balaban J connectivity index is 0.931. The van der Waals surface area contributed by atoms with Crippen LogP contribution in [0.4, 0.5) is 17.1 Å². The van der Waals surface area contributed by atoms with Gasteiger partial charge in [-0.25, -0.2) is 0 Å². The van der Waals surface area contributed by atoms with Crippen LogP contribution >= 0.6 is 0 Å². The Hall–Kier alpha value is -9.76. The minimum atomic E-state index is -0.553. The lowest BCUT2D eigenvalue weighted by Gasteiger charge is -2.35. The highest BCUT2D eigenvalue weighted by molar-refractivity contribution is 6.09. The minimum Gasteiger partial charge on any atom is -0.310 e. The Morgan fingerprint density at radius 1 is 0.276 bits per heavy atom. The molecule has 2 heteroatoms. The lowest BCUT2D eigenvalue weighted by Crippen LogP contribution is -2.28. The molecule has 16 rings (SSSR count). The van der Waals surface area contributed by atoms with Crippen LogP contribution < -0.4 is 4.90 Å². The Bertz CT molecular complexity index is 4310. The van der Waals surface area contributed by atoms with E-state index in [9.17, 15) is 0 Å². The lowest BCUT2D eigenvalue weighted by molar-refractivity contribution is 0.768. The average molecular weight is 965 g/mol. The molecule has 3 aliphatic carbocycles. The van der Waals surface area contributed by atoms with Gasteiger partial charge in [0.25, 0.3) is 0 Å². The summed E-state index contributed by atoms with van der Waals surface area (Å²) >= 11 is 0. The van der Waals surface area contributed by atoms with E-state index in [0.717, 1.165) is 28.3 Å². The Labute approximate surface area is 442 Å². The van der Waals surface area contributed by atoms with Gasteiger partial charge in [-0.05, 0) is 138 Å². The van der Waals surface area contributed by atoms with Crippen LogP contribution in [0.15, 0.2) is 291 Å². The molecule has 12 aromatic carbocycles. The normalized spacial score (nSPS) is 13.7. The van der Waals surface area contributed by atoms with Crippen molar-refractivity contribution in [1.29, 1.82) is 0 Å². The van der Waals surface area contributed by atoms with Crippen LogP contribution in [0.5, 0.6) is 0 Å². The van der Waals surface area contributed by atoms with Crippen molar-refractivity contribution in [2.75, 3.05) is 4.90 Å². The number of anilines is 3.